The van der Waals surface area contributed by atoms with Crippen LogP contribution in [0.3, 0.4) is 0 Å². The summed E-state index contributed by atoms with van der Waals surface area (Å²) in [5, 5.41) is 1.52. The van der Waals surface area contributed by atoms with Crippen LogP contribution in [0.1, 0.15) is 26.2 Å². The number of likely N-dealkylation sites (N-methyl/N-ethyl adjacent to an activating group) is 2. The van der Waals surface area contributed by atoms with Crippen molar-refractivity contribution in [1.29, 1.82) is 0 Å². The molecule has 0 aromatic rings. The van der Waals surface area contributed by atoms with Crippen LogP contribution in [0.5, 0.6) is 0 Å². The van der Waals surface area contributed by atoms with Gasteiger partial charge in [0.15, 0.2) is 5.11 Å². The van der Waals surface area contributed by atoms with Gasteiger partial charge in [-0.25, -0.2) is 0 Å². The molecule has 1 saturated heterocycles. The lowest BCUT2D eigenvalue weighted by molar-refractivity contribution is 0.201. The Bertz CT molecular complexity index is 267. The Morgan fingerprint density at radius 1 is 1.36 bits per heavy atom. The molecule has 0 aromatic carbocycles. The Balaban J connectivity index is 2.20. The summed E-state index contributed by atoms with van der Waals surface area (Å²) in [5.74, 6) is 0. The van der Waals surface area contributed by atoms with Gasteiger partial charge in [-0.05, 0) is 25.1 Å². The van der Waals surface area contributed by atoms with Gasteiger partial charge < -0.3 is 9.80 Å². The van der Waals surface area contributed by atoms with Gasteiger partial charge in [-0.15, -0.1) is 0 Å². The van der Waals surface area contributed by atoms with Gasteiger partial charge in [-0.1, -0.05) is 18.7 Å². The maximum absolute atomic E-state index is 5.41. The molecule has 3 atom stereocenters. The normalized spacial score (nSPS) is 42.9. The Hall–Kier alpha value is -0.245. The summed E-state index contributed by atoms with van der Waals surface area (Å²) >= 11 is 5.41. The van der Waals surface area contributed by atoms with Gasteiger partial charge in [-0.3, -0.25) is 0 Å². The van der Waals surface area contributed by atoms with Crippen molar-refractivity contribution in [2.24, 2.45) is 0 Å². The lowest BCUT2D eigenvalue weighted by Crippen LogP contribution is -2.42. The van der Waals surface area contributed by atoms with Crippen LogP contribution in [0.4, 0.5) is 0 Å². The van der Waals surface area contributed by atoms with E-state index < -0.39 is 0 Å². The maximum Gasteiger partial charge on any atom is 0.171 e. The highest BCUT2D eigenvalue weighted by atomic mass is 32.1. The number of hydrogen-bond donors (Lipinski definition) is 0. The predicted octanol–water partition coefficient (Wildman–Crippen LogP) is 0.881. The highest BCUT2D eigenvalue weighted by Crippen LogP contribution is 2.44. The zero-order valence-corrected chi connectivity index (χ0v) is 10.4. The average molecular weight is 210 g/mol. The highest BCUT2D eigenvalue weighted by Gasteiger charge is 2.45. The van der Waals surface area contributed by atoms with Crippen LogP contribution in [-0.2, 0) is 0 Å². The summed E-state index contributed by atoms with van der Waals surface area (Å²) < 4.78 is 0. The monoisotopic (exact) mass is 210 g/mol. The van der Waals surface area contributed by atoms with E-state index in [0.29, 0.717) is 17.4 Å². The van der Waals surface area contributed by atoms with Gasteiger partial charge >= 0.3 is 0 Å². The van der Waals surface area contributed by atoms with E-state index in [1.807, 2.05) is 0 Å². The summed E-state index contributed by atoms with van der Waals surface area (Å²) in [6.07, 6.45) is 3.90. The van der Waals surface area contributed by atoms with Crippen molar-refractivity contribution >= 4 is 25.2 Å². The molecule has 4 heteroatoms. The van der Waals surface area contributed by atoms with Crippen LogP contribution in [0.25, 0.3) is 0 Å². The van der Waals surface area contributed by atoms with E-state index in [1.54, 1.807) is 0 Å². The summed E-state index contributed by atoms with van der Waals surface area (Å²) in [6, 6.07) is 1.32. The Morgan fingerprint density at radius 3 is 2.57 bits per heavy atom. The molecule has 78 valence electrons. The van der Waals surface area contributed by atoms with E-state index in [-0.39, 0.29) is 0 Å². The van der Waals surface area contributed by atoms with Gasteiger partial charge in [0.25, 0.3) is 0 Å². The molecule has 2 fully saturated rings. The lowest BCUT2D eigenvalue weighted by Gasteiger charge is -2.40. The third kappa shape index (κ3) is 1.44. The van der Waals surface area contributed by atoms with Crippen LogP contribution in [-0.4, -0.2) is 48.9 Å². The zero-order valence-electron chi connectivity index (χ0n) is 9.58. The first-order valence-corrected chi connectivity index (χ1v) is 5.83. The second kappa shape index (κ2) is 3.12. The molecule has 1 aliphatic heterocycles. The minimum atomic E-state index is 0.496. The molecule has 14 heavy (non-hydrogen) atoms. The first kappa shape index (κ1) is 10.3. The Labute approximate surface area is 93.0 Å². The van der Waals surface area contributed by atoms with Gasteiger partial charge in [0.05, 0.1) is 12.1 Å². The molecule has 1 saturated carbocycles. The summed E-state index contributed by atoms with van der Waals surface area (Å²) in [6.45, 7) is 2.37. The SMILES string of the molecule is BC1(C)CCC2C(C1)N(C)C(=S)N2C. The molecule has 2 aliphatic rings. The number of rotatable bonds is 0. The van der Waals surface area contributed by atoms with Gasteiger partial charge in [0, 0.05) is 14.1 Å². The Kier molecular flexibility index (Phi) is 2.29. The van der Waals surface area contributed by atoms with Crippen molar-refractivity contribution < 1.29 is 0 Å². The average Bonchev–Trinajstić information content (AvgIpc) is 2.30. The van der Waals surface area contributed by atoms with Crippen LogP contribution in [0.15, 0.2) is 0 Å². The molecule has 2 nitrogen and oxygen atoms in total. The molecule has 3 unspecified atom stereocenters. The van der Waals surface area contributed by atoms with E-state index in [2.05, 4.69) is 38.7 Å². The number of thiocarbonyl (C=S) groups is 1. The zero-order chi connectivity index (χ0) is 10.5. The van der Waals surface area contributed by atoms with Crippen LogP contribution in [0, 0.1) is 0 Å². The second-order valence-corrected chi connectivity index (χ2v) is 5.91. The summed E-state index contributed by atoms with van der Waals surface area (Å²) in [5.41, 5.74) is 0. The second-order valence-electron chi connectivity index (χ2n) is 5.55. The smallest absolute Gasteiger partial charge is 0.171 e. The van der Waals surface area contributed by atoms with Crippen molar-refractivity contribution in [3.8, 4) is 0 Å². The molecule has 2 rings (SSSR count). The first-order chi connectivity index (χ1) is 6.42. The number of hydrogen-bond acceptors (Lipinski definition) is 1. The van der Waals surface area contributed by atoms with Gasteiger partial charge in [-0.2, -0.15) is 0 Å². The van der Waals surface area contributed by atoms with Crippen molar-refractivity contribution in [3.05, 3.63) is 0 Å². The fourth-order valence-corrected chi connectivity index (χ4v) is 3.19. The van der Waals surface area contributed by atoms with Crippen molar-refractivity contribution in [2.75, 3.05) is 14.1 Å². The fourth-order valence-electron chi connectivity index (χ4n) is 2.91. The molecule has 0 amide bonds. The van der Waals surface area contributed by atoms with E-state index in [1.165, 1.54) is 19.3 Å². The lowest BCUT2D eigenvalue weighted by atomic mass is 9.59. The van der Waals surface area contributed by atoms with E-state index in [9.17, 15) is 0 Å². The molecule has 0 N–H and O–H groups in total. The number of fused-ring (bicyclic) bond motifs is 1. The van der Waals surface area contributed by atoms with Crippen LogP contribution < -0.4 is 0 Å². The van der Waals surface area contributed by atoms with E-state index >= 15 is 0 Å². The van der Waals surface area contributed by atoms with Gasteiger partial charge in [0.1, 0.15) is 7.85 Å². The van der Waals surface area contributed by atoms with Crippen molar-refractivity contribution in [1.82, 2.24) is 9.80 Å². The third-order valence-corrected chi connectivity index (χ3v) is 4.50. The number of nitrogens with zero attached hydrogens (tertiary/aromatic N) is 2. The summed E-state index contributed by atoms with van der Waals surface area (Å²) in [4.78, 5) is 4.58. The minimum Gasteiger partial charge on any atom is -0.347 e. The predicted molar refractivity (Wildman–Crippen MR) is 66.5 cm³/mol. The maximum atomic E-state index is 5.41. The van der Waals surface area contributed by atoms with E-state index in [0.717, 1.165) is 5.11 Å². The topological polar surface area (TPSA) is 6.48 Å². The van der Waals surface area contributed by atoms with Gasteiger partial charge in [0.2, 0.25) is 0 Å². The summed E-state index contributed by atoms with van der Waals surface area (Å²) in [7, 11) is 6.66. The molecule has 0 bridgehead atoms. The van der Waals surface area contributed by atoms with E-state index in [4.69, 9.17) is 12.2 Å². The first-order valence-electron chi connectivity index (χ1n) is 5.42. The molecular formula is C10H19BN2S. The quantitative estimate of drug-likeness (QED) is 0.433. The van der Waals surface area contributed by atoms with Crippen LogP contribution in [0.2, 0.25) is 5.31 Å². The molecule has 1 heterocycles. The van der Waals surface area contributed by atoms with Crippen molar-refractivity contribution in [2.45, 2.75) is 43.6 Å². The molecule has 0 radical (unpaired) electrons. The van der Waals surface area contributed by atoms with Crippen LogP contribution >= 0.6 is 12.2 Å². The third-order valence-electron chi connectivity index (χ3n) is 3.92. The standard InChI is InChI=1S/C10H19BN2S/c1-10(11)5-4-7-8(6-10)13(3)9(14)12(7)2/h7-8H,4-6,11H2,1-3H3. The molecule has 0 aromatic heterocycles. The van der Waals surface area contributed by atoms with Crippen molar-refractivity contribution in [3.63, 3.8) is 0 Å². The molecule has 0 spiro atoms. The molecule has 1 aliphatic carbocycles. The Morgan fingerprint density at radius 2 is 1.93 bits per heavy atom. The molecular weight excluding hydrogens is 191 g/mol. The highest BCUT2D eigenvalue weighted by molar-refractivity contribution is 7.80. The minimum absolute atomic E-state index is 0.496. The largest absolute Gasteiger partial charge is 0.347 e. The fraction of sp³-hybridized carbons (Fsp3) is 0.900.